The van der Waals surface area contributed by atoms with Gasteiger partial charge < -0.3 is 10.0 Å². The van der Waals surface area contributed by atoms with Gasteiger partial charge in [-0.15, -0.1) is 0 Å². The van der Waals surface area contributed by atoms with Crippen molar-refractivity contribution in [1.29, 1.82) is 0 Å². The highest BCUT2D eigenvalue weighted by atomic mass is 16.4. The van der Waals surface area contributed by atoms with E-state index in [1.165, 1.54) is 0 Å². The molecule has 0 aromatic carbocycles. The second-order valence-corrected chi connectivity index (χ2v) is 6.36. The summed E-state index contributed by atoms with van der Waals surface area (Å²) in [5, 5.41) is 9.64. The predicted molar refractivity (Wildman–Crippen MR) is 79.5 cm³/mol. The number of rotatable bonds is 6. The Morgan fingerprint density at radius 1 is 1.15 bits per heavy atom. The fraction of sp³-hybridized carbons (Fsp3) is 0.875. The molecule has 1 rings (SSSR count). The molecule has 1 aliphatic carbocycles. The molecule has 1 N–H and O–H groups in total. The van der Waals surface area contributed by atoms with Crippen molar-refractivity contribution >= 4 is 11.9 Å². The van der Waals surface area contributed by atoms with Gasteiger partial charge in [0.25, 0.3) is 0 Å². The molecule has 20 heavy (non-hydrogen) atoms. The maximum Gasteiger partial charge on any atom is 0.310 e. The van der Waals surface area contributed by atoms with Crippen molar-refractivity contribution in [1.82, 2.24) is 4.90 Å². The maximum absolute atomic E-state index is 12.5. The van der Waals surface area contributed by atoms with Crippen LogP contribution in [0.1, 0.15) is 72.1 Å². The van der Waals surface area contributed by atoms with E-state index in [-0.39, 0.29) is 18.4 Å². The number of carbonyl (C=O) groups is 2. The van der Waals surface area contributed by atoms with Crippen LogP contribution in [-0.4, -0.2) is 34.5 Å². The van der Waals surface area contributed by atoms with Gasteiger partial charge in [-0.1, -0.05) is 32.6 Å². The van der Waals surface area contributed by atoms with Crippen LogP contribution in [0, 0.1) is 5.41 Å². The third-order valence-corrected chi connectivity index (χ3v) is 4.41. The van der Waals surface area contributed by atoms with E-state index < -0.39 is 11.4 Å². The first-order valence-corrected chi connectivity index (χ1v) is 7.96. The molecule has 0 aromatic heterocycles. The summed E-state index contributed by atoms with van der Waals surface area (Å²) in [6.45, 7) is 6.75. The van der Waals surface area contributed by atoms with Crippen molar-refractivity contribution < 1.29 is 14.7 Å². The molecule has 4 heteroatoms. The average Bonchev–Trinajstić information content (AvgIpc) is 2.61. The molecule has 0 bridgehead atoms. The quantitative estimate of drug-likeness (QED) is 0.760. The number of amides is 1. The molecule has 0 atom stereocenters. The number of carboxylic acids is 1. The Hall–Kier alpha value is -1.06. The lowest BCUT2D eigenvalue weighted by Gasteiger charge is -2.32. The summed E-state index contributed by atoms with van der Waals surface area (Å²) in [6, 6.07) is 0.138. The van der Waals surface area contributed by atoms with Crippen LogP contribution in [0.4, 0.5) is 0 Å². The standard InChI is InChI=1S/C16H29NO3/c1-4-11-17(13(2)3)14(18)12-16(15(19)20)9-7-5-6-8-10-16/h13H,4-12H2,1-3H3,(H,19,20). The highest BCUT2D eigenvalue weighted by Crippen LogP contribution is 2.39. The summed E-state index contributed by atoms with van der Waals surface area (Å²) < 4.78 is 0. The van der Waals surface area contributed by atoms with Gasteiger partial charge in [0.15, 0.2) is 0 Å². The summed E-state index contributed by atoms with van der Waals surface area (Å²) in [5.41, 5.74) is -0.825. The van der Waals surface area contributed by atoms with Gasteiger partial charge in [-0.25, -0.2) is 0 Å². The fourth-order valence-corrected chi connectivity index (χ4v) is 3.17. The second-order valence-electron chi connectivity index (χ2n) is 6.36. The molecule has 0 spiro atoms. The Balaban J connectivity index is 2.83. The highest BCUT2D eigenvalue weighted by molar-refractivity contribution is 5.85. The Bertz CT molecular complexity index is 331. The van der Waals surface area contributed by atoms with Gasteiger partial charge in [0.2, 0.25) is 5.91 Å². The number of carboxylic acid groups (broad SMARTS) is 1. The summed E-state index contributed by atoms with van der Waals surface area (Å²) in [4.78, 5) is 26.1. The number of carbonyl (C=O) groups excluding carboxylic acids is 1. The van der Waals surface area contributed by atoms with Crippen LogP contribution in [-0.2, 0) is 9.59 Å². The molecule has 116 valence electrons. The molecule has 4 nitrogen and oxygen atoms in total. The number of hydrogen-bond donors (Lipinski definition) is 1. The van der Waals surface area contributed by atoms with Crippen LogP contribution >= 0.6 is 0 Å². The van der Waals surface area contributed by atoms with Crippen molar-refractivity contribution in [3.63, 3.8) is 0 Å². The molecule has 0 heterocycles. The summed E-state index contributed by atoms with van der Waals surface area (Å²) >= 11 is 0. The van der Waals surface area contributed by atoms with E-state index in [1.54, 1.807) is 0 Å². The first-order chi connectivity index (χ1) is 9.43. The third kappa shape index (κ3) is 4.22. The average molecular weight is 283 g/mol. The van der Waals surface area contributed by atoms with Crippen molar-refractivity contribution in [2.24, 2.45) is 5.41 Å². The zero-order chi connectivity index (χ0) is 15.2. The lowest BCUT2D eigenvalue weighted by atomic mass is 9.77. The molecule has 1 amide bonds. The Labute approximate surface area is 122 Å². The second kappa shape index (κ2) is 7.65. The Morgan fingerprint density at radius 3 is 2.10 bits per heavy atom. The summed E-state index contributed by atoms with van der Waals surface area (Å²) in [5.74, 6) is -0.779. The number of hydrogen-bond acceptors (Lipinski definition) is 2. The van der Waals surface area contributed by atoms with Crippen LogP contribution in [0.15, 0.2) is 0 Å². The lowest BCUT2D eigenvalue weighted by Crippen LogP contribution is -2.43. The fourth-order valence-electron chi connectivity index (χ4n) is 3.17. The normalized spacial score (nSPS) is 18.6. The van der Waals surface area contributed by atoms with Crippen LogP contribution < -0.4 is 0 Å². The van der Waals surface area contributed by atoms with Gasteiger partial charge >= 0.3 is 5.97 Å². The smallest absolute Gasteiger partial charge is 0.310 e. The zero-order valence-corrected chi connectivity index (χ0v) is 13.2. The van der Waals surface area contributed by atoms with E-state index in [9.17, 15) is 14.7 Å². The van der Waals surface area contributed by atoms with E-state index >= 15 is 0 Å². The van der Waals surface area contributed by atoms with Crippen molar-refractivity contribution in [3.8, 4) is 0 Å². The van der Waals surface area contributed by atoms with Crippen LogP contribution in [0.2, 0.25) is 0 Å². The van der Waals surface area contributed by atoms with E-state index in [1.807, 2.05) is 25.7 Å². The van der Waals surface area contributed by atoms with Crippen molar-refractivity contribution in [2.45, 2.75) is 78.2 Å². The van der Waals surface area contributed by atoms with Gasteiger partial charge in [-0.3, -0.25) is 9.59 Å². The molecular weight excluding hydrogens is 254 g/mol. The van der Waals surface area contributed by atoms with Gasteiger partial charge in [0.05, 0.1) is 5.41 Å². The van der Waals surface area contributed by atoms with E-state index in [0.717, 1.165) is 32.1 Å². The molecule has 0 aromatic rings. The minimum Gasteiger partial charge on any atom is -0.481 e. The molecule has 0 saturated heterocycles. The minimum absolute atomic E-state index is 0.00569. The maximum atomic E-state index is 12.5. The van der Waals surface area contributed by atoms with Crippen LogP contribution in [0.25, 0.3) is 0 Å². The number of nitrogens with zero attached hydrogens (tertiary/aromatic N) is 1. The van der Waals surface area contributed by atoms with Gasteiger partial charge in [0, 0.05) is 19.0 Å². The van der Waals surface area contributed by atoms with E-state index in [0.29, 0.717) is 19.4 Å². The van der Waals surface area contributed by atoms with E-state index in [4.69, 9.17) is 0 Å². The molecule has 0 radical (unpaired) electrons. The minimum atomic E-state index is -0.825. The zero-order valence-electron chi connectivity index (χ0n) is 13.2. The summed E-state index contributed by atoms with van der Waals surface area (Å²) in [7, 11) is 0. The SMILES string of the molecule is CCCN(C(=O)CC1(C(=O)O)CCCCCC1)C(C)C. The van der Waals surface area contributed by atoms with Crippen molar-refractivity contribution in [3.05, 3.63) is 0 Å². The topological polar surface area (TPSA) is 57.6 Å². The molecule has 1 aliphatic rings. The first-order valence-electron chi connectivity index (χ1n) is 7.96. The van der Waals surface area contributed by atoms with Crippen LogP contribution in [0.5, 0.6) is 0 Å². The van der Waals surface area contributed by atoms with Crippen molar-refractivity contribution in [2.75, 3.05) is 6.54 Å². The summed E-state index contributed by atoms with van der Waals surface area (Å²) in [6.07, 6.45) is 6.39. The molecule has 0 unspecified atom stereocenters. The number of aliphatic carboxylic acids is 1. The monoisotopic (exact) mass is 283 g/mol. The third-order valence-electron chi connectivity index (χ3n) is 4.41. The van der Waals surface area contributed by atoms with E-state index in [2.05, 4.69) is 0 Å². The molecule has 1 fully saturated rings. The molecule has 0 aliphatic heterocycles. The molecule has 1 saturated carbocycles. The molecular formula is C16H29NO3. The van der Waals surface area contributed by atoms with Gasteiger partial charge in [-0.2, -0.15) is 0 Å². The Morgan fingerprint density at radius 2 is 1.70 bits per heavy atom. The highest BCUT2D eigenvalue weighted by Gasteiger charge is 2.41. The predicted octanol–water partition coefficient (Wildman–Crippen LogP) is 3.45. The Kier molecular flexibility index (Phi) is 6.50. The van der Waals surface area contributed by atoms with Crippen LogP contribution in [0.3, 0.4) is 0 Å². The first kappa shape index (κ1) is 17.0. The lowest BCUT2D eigenvalue weighted by molar-refractivity contribution is -0.155. The van der Waals surface area contributed by atoms with Gasteiger partial charge in [-0.05, 0) is 33.1 Å². The van der Waals surface area contributed by atoms with Gasteiger partial charge in [0.1, 0.15) is 0 Å². The largest absolute Gasteiger partial charge is 0.481 e.